The van der Waals surface area contributed by atoms with Crippen LogP contribution in [0.1, 0.15) is 12.8 Å². The van der Waals surface area contributed by atoms with E-state index in [0.29, 0.717) is 30.2 Å². The van der Waals surface area contributed by atoms with Gasteiger partial charge in [0.2, 0.25) is 11.8 Å². The van der Waals surface area contributed by atoms with E-state index in [9.17, 15) is 9.59 Å². The molecule has 21 heavy (non-hydrogen) atoms. The Morgan fingerprint density at radius 3 is 3.00 bits per heavy atom. The Morgan fingerprint density at radius 1 is 1.57 bits per heavy atom. The quantitative estimate of drug-likeness (QED) is 0.855. The standard InChI is InChI=1S/C15H16ClN3O2/c1-18(7-3-6-17)15(21)11-8-14(20)19(10-11)13-5-2-4-12(16)9-13/h2,4-5,9,11H,3,7-8,10H2,1H3. The van der Waals surface area contributed by atoms with Gasteiger partial charge in [0.15, 0.2) is 0 Å². The molecule has 0 radical (unpaired) electrons. The van der Waals surface area contributed by atoms with E-state index in [0.717, 1.165) is 0 Å². The number of nitriles is 1. The number of anilines is 1. The van der Waals surface area contributed by atoms with Gasteiger partial charge in [-0.3, -0.25) is 9.59 Å². The average molecular weight is 306 g/mol. The van der Waals surface area contributed by atoms with E-state index in [4.69, 9.17) is 16.9 Å². The minimum Gasteiger partial charge on any atom is -0.344 e. The summed E-state index contributed by atoms with van der Waals surface area (Å²) in [6.45, 7) is 0.742. The number of nitrogens with zero attached hydrogens (tertiary/aromatic N) is 3. The highest BCUT2D eigenvalue weighted by Gasteiger charge is 2.36. The molecule has 110 valence electrons. The molecule has 2 amide bonds. The number of hydrogen-bond donors (Lipinski definition) is 0. The van der Waals surface area contributed by atoms with Crippen LogP contribution in [0.3, 0.4) is 0 Å². The van der Waals surface area contributed by atoms with Crippen molar-refractivity contribution in [3.05, 3.63) is 29.3 Å². The largest absolute Gasteiger partial charge is 0.344 e. The van der Waals surface area contributed by atoms with Crippen molar-refractivity contribution in [2.45, 2.75) is 12.8 Å². The fourth-order valence-electron chi connectivity index (χ4n) is 2.41. The SMILES string of the molecule is CN(CCC#N)C(=O)C1CC(=O)N(c2cccc(Cl)c2)C1. The molecule has 1 fully saturated rings. The van der Waals surface area contributed by atoms with Crippen molar-refractivity contribution in [1.82, 2.24) is 4.90 Å². The molecule has 0 N–H and O–H groups in total. The predicted octanol–water partition coefficient (Wildman–Crippen LogP) is 2.06. The molecule has 6 heteroatoms. The fourth-order valence-corrected chi connectivity index (χ4v) is 2.59. The summed E-state index contributed by atoms with van der Waals surface area (Å²) in [4.78, 5) is 27.5. The maximum atomic E-state index is 12.3. The Labute approximate surface area is 128 Å². The molecule has 5 nitrogen and oxygen atoms in total. The van der Waals surface area contributed by atoms with E-state index >= 15 is 0 Å². The molecular weight excluding hydrogens is 290 g/mol. The van der Waals surface area contributed by atoms with Crippen LogP contribution in [0.15, 0.2) is 24.3 Å². The summed E-state index contributed by atoms with van der Waals surface area (Å²) in [5.41, 5.74) is 0.711. The van der Waals surface area contributed by atoms with Gasteiger partial charge in [-0.2, -0.15) is 5.26 Å². The minimum absolute atomic E-state index is 0.0794. The number of rotatable bonds is 4. The first-order chi connectivity index (χ1) is 10.0. The molecule has 2 rings (SSSR count). The molecule has 0 bridgehead atoms. The van der Waals surface area contributed by atoms with E-state index in [2.05, 4.69) is 0 Å². The number of carbonyl (C=O) groups excluding carboxylic acids is 2. The summed E-state index contributed by atoms with van der Waals surface area (Å²) in [5, 5.41) is 9.11. The van der Waals surface area contributed by atoms with Gasteiger partial charge in [-0.1, -0.05) is 17.7 Å². The second-order valence-electron chi connectivity index (χ2n) is 5.05. The lowest BCUT2D eigenvalue weighted by Crippen LogP contribution is -2.35. The molecule has 1 heterocycles. The van der Waals surface area contributed by atoms with Gasteiger partial charge in [0.05, 0.1) is 18.4 Å². The first-order valence-electron chi connectivity index (χ1n) is 6.70. The van der Waals surface area contributed by atoms with Crippen molar-refractivity contribution in [3.63, 3.8) is 0 Å². The molecule has 0 spiro atoms. The lowest BCUT2D eigenvalue weighted by atomic mass is 10.1. The molecule has 0 aliphatic carbocycles. The highest BCUT2D eigenvalue weighted by Crippen LogP contribution is 2.27. The Balaban J connectivity index is 2.06. The van der Waals surface area contributed by atoms with Crippen LogP contribution in [0.25, 0.3) is 0 Å². The molecule has 1 aliphatic rings. The molecule has 1 atom stereocenters. The monoisotopic (exact) mass is 305 g/mol. The maximum absolute atomic E-state index is 12.3. The van der Waals surface area contributed by atoms with Crippen LogP contribution in [-0.4, -0.2) is 36.9 Å². The molecule has 1 saturated heterocycles. The second kappa shape index (κ2) is 6.59. The van der Waals surface area contributed by atoms with E-state index in [1.807, 2.05) is 6.07 Å². The Morgan fingerprint density at radius 2 is 2.33 bits per heavy atom. The molecule has 1 aromatic carbocycles. The van der Waals surface area contributed by atoms with Crippen LogP contribution in [0.5, 0.6) is 0 Å². The summed E-state index contributed by atoms with van der Waals surface area (Å²) in [7, 11) is 1.66. The second-order valence-corrected chi connectivity index (χ2v) is 5.49. The van der Waals surface area contributed by atoms with Crippen molar-refractivity contribution >= 4 is 29.1 Å². The number of halogens is 1. The van der Waals surface area contributed by atoms with E-state index < -0.39 is 0 Å². The summed E-state index contributed by atoms with van der Waals surface area (Å²) >= 11 is 5.93. The van der Waals surface area contributed by atoms with Crippen LogP contribution in [0, 0.1) is 17.2 Å². The Bertz CT molecular complexity index is 597. The Kier molecular flexibility index (Phi) is 4.81. The molecule has 0 aromatic heterocycles. The highest BCUT2D eigenvalue weighted by molar-refractivity contribution is 6.30. The zero-order chi connectivity index (χ0) is 15.4. The van der Waals surface area contributed by atoms with E-state index in [-0.39, 0.29) is 24.2 Å². The van der Waals surface area contributed by atoms with Crippen LogP contribution in [-0.2, 0) is 9.59 Å². The van der Waals surface area contributed by atoms with Crippen LogP contribution in [0.2, 0.25) is 5.02 Å². The van der Waals surface area contributed by atoms with Crippen molar-refractivity contribution in [3.8, 4) is 6.07 Å². The topological polar surface area (TPSA) is 64.4 Å². The van der Waals surface area contributed by atoms with Gasteiger partial charge < -0.3 is 9.80 Å². The van der Waals surface area contributed by atoms with Crippen LogP contribution >= 0.6 is 11.6 Å². The summed E-state index contributed by atoms with van der Waals surface area (Å²) in [5.74, 6) is -0.535. The fraction of sp³-hybridized carbons (Fsp3) is 0.400. The van der Waals surface area contributed by atoms with E-state index in [1.165, 1.54) is 4.90 Å². The molecular formula is C15H16ClN3O2. The molecule has 1 unspecified atom stereocenters. The minimum atomic E-state index is -0.361. The lowest BCUT2D eigenvalue weighted by Gasteiger charge is -2.20. The molecule has 0 saturated carbocycles. The normalized spacial score (nSPS) is 17.7. The van der Waals surface area contributed by atoms with Crippen LogP contribution in [0.4, 0.5) is 5.69 Å². The summed E-state index contributed by atoms with van der Waals surface area (Å²) < 4.78 is 0. The van der Waals surface area contributed by atoms with Gasteiger partial charge in [-0.15, -0.1) is 0 Å². The van der Waals surface area contributed by atoms with Crippen molar-refractivity contribution in [2.24, 2.45) is 5.92 Å². The van der Waals surface area contributed by atoms with Crippen molar-refractivity contribution in [1.29, 1.82) is 5.26 Å². The number of carbonyl (C=O) groups is 2. The Hall–Kier alpha value is -2.06. The average Bonchev–Trinajstić information content (AvgIpc) is 2.86. The number of benzene rings is 1. The van der Waals surface area contributed by atoms with Gasteiger partial charge >= 0.3 is 0 Å². The van der Waals surface area contributed by atoms with Gasteiger partial charge in [-0.05, 0) is 18.2 Å². The van der Waals surface area contributed by atoms with Gasteiger partial charge in [0.1, 0.15) is 0 Å². The summed E-state index contributed by atoms with van der Waals surface area (Å²) in [6.07, 6.45) is 0.489. The van der Waals surface area contributed by atoms with Crippen molar-refractivity contribution in [2.75, 3.05) is 25.0 Å². The lowest BCUT2D eigenvalue weighted by molar-refractivity contribution is -0.134. The first kappa shape index (κ1) is 15.3. The highest BCUT2D eigenvalue weighted by atomic mass is 35.5. The smallest absolute Gasteiger partial charge is 0.227 e. The molecule has 1 aliphatic heterocycles. The predicted molar refractivity (Wildman–Crippen MR) is 79.8 cm³/mol. The zero-order valence-electron chi connectivity index (χ0n) is 11.8. The first-order valence-corrected chi connectivity index (χ1v) is 7.08. The van der Waals surface area contributed by atoms with Crippen molar-refractivity contribution < 1.29 is 9.59 Å². The van der Waals surface area contributed by atoms with Crippen LogP contribution < -0.4 is 4.90 Å². The zero-order valence-corrected chi connectivity index (χ0v) is 12.5. The third kappa shape index (κ3) is 3.53. The number of hydrogen-bond acceptors (Lipinski definition) is 3. The third-order valence-corrected chi connectivity index (χ3v) is 3.76. The summed E-state index contributed by atoms with van der Waals surface area (Å²) in [6, 6.07) is 9.04. The third-order valence-electron chi connectivity index (χ3n) is 3.53. The maximum Gasteiger partial charge on any atom is 0.227 e. The number of amides is 2. The molecule has 1 aromatic rings. The van der Waals surface area contributed by atoms with Gasteiger partial charge in [0.25, 0.3) is 0 Å². The van der Waals surface area contributed by atoms with Gasteiger partial charge in [0, 0.05) is 37.3 Å². The van der Waals surface area contributed by atoms with Gasteiger partial charge in [-0.25, -0.2) is 0 Å². The van der Waals surface area contributed by atoms with E-state index in [1.54, 1.807) is 36.2 Å².